The number of hydrogen-bond donors (Lipinski definition) is 4. The molecule has 49 heavy (non-hydrogen) atoms. The second kappa shape index (κ2) is 18.7. The van der Waals surface area contributed by atoms with Gasteiger partial charge in [0.25, 0.3) is 5.91 Å². The molecule has 4 rings (SSSR count). The average molecular weight is 682 g/mol. The number of nitrogens with one attached hydrogen (secondary N) is 3. The molecule has 0 bridgehead atoms. The molecule has 2 aromatic carbocycles. The summed E-state index contributed by atoms with van der Waals surface area (Å²) in [5.74, 6) is 0.593. The van der Waals surface area contributed by atoms with Gasteiger partial charge in [-0.2, -0.15) is 0 Å². The Balaban J connectivity index is 1.54. The number of hydrogen-bond acceptors (Lipinski definition) is 7. The Morgan fingerprint density at radius 1 is 1.00 bits per heavy atom. The second-order valence-corrected chi connectivity index (χ2v) is 13.5. The number of ether oxygens (including phenoxy) is 3. The number of fused-ring (bicyclic) bond motifs is 1. The molecular formula is C37H55N5O7. The Morgan fingerprint density at radius 2 is 1.69 bits per heavy atom. The molecule has 0 saturated heterocycles. The minimum Gasteiger partial charge on any atom is -0.497 e. The molecule has 2 aromatic rings. The van der Waals surface area contributed by atoms with Gasteiger partial charge in [-0.1, -0.05) is 26.2 Å². The topological polar surface area (TPSA) is 142 Å². The van der Waals surface area contributed by atoms with E-state index in [4.69, 9.17) is 14.2 Å². The van der Waals surface area contributed by atoms with E-state index in [0.717, 1.165) is 44.9 Å². The van der Waals surface area contributed by atoms with Crippen molar-refractivity contribution in [2.45, 2.75) is 96.4 Å². The molecule has 1 aliphatic heterocycles. The van der Waals surface area contributed by atoms with Crippen molar-refractivity contribution in [3.8, 4) is 11.5 Å². The molecule has 1 saturated carbocycles. The second-order valence-electron chi connectivity index (χ2n) is 13.5. The quantitative estimate of drug-likeness (QED) is 0.264. The summed E-state index contributed by atoms with van der Waals surface area (Å²) in [5, 5.41) is 19.1. The molecular weight excluding hydrogens is 626 g/mol. The lowest BCUT2D eigenvalue weighted by molar-refractivity contribution is -0.0115. The molecule has 0 spiro atoms. The van der Waals surface area contributed by atoms with Crippen LogP contribution in [0.2, 0.25) is 0 Å². The fourth-order valence-corrected chi connectivity index (χ4v) is 6.31. The van der Waals surface area contributed by atoms with Gasteiger partial charge in [0, 0.05) is 50.1 Å². The van der Waals surface area contributed by atoms with Crippen LogP contribution >= 0.6 is 0 Å². The summed E-state index contributed by atoms with van der Waals surface area (Å²) >= 11 is 0. The van der Waals surface area contributed by atoms with E-state index in [1.165, 1.54) is 6.42 Å². The number of rotatable bonds is 8. The van der Waals surface area contributed by atoms with Gasteiger partial charge in [0.1, 0.15) is 11.5 Å². The highest BCUT2D eigenvalue weighted by Gasteiger charge is 2.31. The van der Waals surface area contributed by atoms with Gasteiger partial charge in [-0.15, -0.1) is 0 Å². The number of benzene rings is 2. The third-order valence-electron chi connectivity index (χ3n) is 9.39. The lowest BCUT2D eigenvalue weighted by Crippen LogP contribution is -2.48. The molecule has 0 radical (unpaired) electrons. The van der Waals surface area contributed by atoms with E-state index in [1.807, 2.05) is 13.8 Å². The van der Waals surface area contributed by atoms with Crippen LogP contribution < -0.4 is 25.4 Å². The van der Waals surface area contributed by atoms with Gasteiger partial charge in [-0.05, 0) is 88.4 Å². The van der Waals surface area contributed by atoms with E-state index >= 15 is 0 Å². The standard InChI is InChI=1S/C37H55N5O7/c1-25-22-42(26(2)24-43)35(44)32-21-30(39-36(45)38-28-12-7-6-8-13-28)16-19-33(32)49-27(3)11-9-10-20-48-34(25)23-41(4)37(46)40-29-14-17-31(47-5)18-15-29/h14-19,21,25-28,34,43H,6-13,20,22-24H2,1-5H3,(H,40,46)(H2,38,39,45)/t25-,26-,27+,34-/m0/s1. The highest BCUT2D eigenvalue weighted by atomic mass is 16.5. The van der Waals surface area contributed by atoms with Crippen LogP contribution in [0.15, 0.2) is 42.5 Å². The first kappa shape index (κ1) is 37.8. The Hall–Kier alpha value is -4.03. The minimum atomic E-state index is -0.518. The zero-order valence-electron chi connectivity index (χ0n) is 29.7. The van der Waals surface area contributed by atoms with Crippen LogP contribution in [0.4, 0.5) is 21.0 Å². The van der Waals surface area contributed by atoms with Crippen molar-refractivity contribution in [3.05, 3.63) is 48.0 Å². The summed E-state index contributed by atoms with van der Waals surface area (Å²) in [7, 11) is 3.30. The molecule has 4 atom stereocenters. The van der Waals surface area contributed by atoms with Crippen molar-refractivity contribution in [1.29, 1.82) is 0 Å². The predicted molar refractivity (Wildman–Crippen MR) is 191 cm³/mol. The fourth-order valence-electron chi connectivity index (χ4n) is 6.31. The number of aliphatic hydroxyl groups excluding tert-OH is 1. The van der Waals surface area contributed by atoms with Crippen molar-refractivity contribution < 1.29 is 33.7 Å². The largest absolute Gasteiger partial charge is 0.497 e. The number of methoxy groups -OCH3 is 1. The van der Waals surface area contributed by atoms with Crippen molar-refractivity contribution in [3.63, 3.8) is 0 Å². The lowest BCUT2D eigenvalue weighted by Gasteiger charge is -2.35. The van der Waals surface area contributed by atoms with Crippen LogP contribution in [0.25, 0.3) is 0 Å². The van der Waals surface area contributed by atoms with Crippen LogP contribution in [0.3, 0.4) is 0 Å². The Morgan fingerprint density at radius 3 is 2.39 bits per heavy atom. The fraction of sp³-hybridized carbons (Fsp3) is 0.595. The van der Waals surface area contributed by atoms with Crippen molar-refractivity contribution >= 4 is 29.3 Å². The van der Waals surface area contributed by atoms with Crippen molar-refractivity contribution in [2.75, 3.05) is 51.1 Å². The summed E-state index contributed by atoms with van der Waals surface area (Å²) in [6.45, 7) is 6.55. The number of anilines is 2. The number of urea groups is 2. The summed E-state index contributed by atoms with van der Waals surface area (Å²) in [6, 6.07) is 11.3. The number of carbonyl (C=O) groups is 3. The molecule has 0 aromatic heterocycles. The van der Waals surface area contributed by atoms with Gasteiger partial charge < -0.3 is 45.1 Å². The smallest absolute Gasteiger partial charge is 0.321 e. The molecule has 0 unspecified atom stereocenters. The minimum absolute atomic E-state index is 0.141. The highest BCUT2D eigenvalue weighted by Crippen LogP contribution is 2.29. The monoisotopic (exact) mass is 681 g/mol. The third kappa shape index (κ3) is 11.3. The first-order valence-electron chi connectivity index (χ1n) is 17.7. The van der Waals surface area contributed by atoms with Gasteiger partial charge in [0.05, 0.1) is 37.5 Å². The summed E-state index contributed by atoms with van der Waals surface area (Å²) in [4.78, 5) is 43.6. The Bertz CT molecular complexity index is 1370. The molecule has 4 N–H and O–H groups in total. The Labute approximate surface area is 290 Å². The lowest BCUT2D eigenvalue weighted by atomic mass is 9.96. The number of nitrogens with zero attached hydrogens (tertiary/aromatic N) is 2. The SMILES string of the molecule is COc1ccc(NC(=O)N(C)C[C@@H]2OCCCC[C@@H](C)Oc3ccc(NC(=O)NC4CCCCC4)cc3C(=O)N([C@@H](C)CO)C[C@@H]2C)cc1. The molecule has 12 nitrogen and oxygen atoms in total. The summed E-state index contributed by atoms with van der Waals surface area (Å²) in [5.41, 5.74) is 1.43. The van der Waals surface area contributed by atoms with Gasteiger partial charge in [0.2, 0.25) is 0 Å². The molecule has 2 aliphatic rings. The van der Waals surface area contributed by atoms with Gasteiger partial charge in [0.15, 0.2) is 0 Å². The zero-order chi connectivity index (χ0) is 35.3. The number of amides is 5. The van der Waals surface area contributed by atoms with Crippen molar-refractivity contribution in [2.24, 2.45) is 5.92 Å². The molecule has 1 fully saturated rings. The predicted octanol–water partition coefficient (Wildman–Crippen LogP) is 6.11. The zero-order valence-corrected chi connectivity index (χ0v) is 29.7. The summed E-state index contributed by atoms with van der Waals surface area (Å²) < 4.78 is 17.9. The van der Waals surface area contributed by atoms with Crippen LogP contribution in [-0.4, -0.2) is 97.6 Å². The van der Waals surface area contributed by atoms with E-state index in [1.54, 1.807) is 73.3 Å². The van der Waals surface area contributed by atoms with E-state index in [0.29, 0.717) is 41.6 Å². The third-order valence-corrected chi connectivity index (χ3v) is 9.39. The number of aliphatic hydroxyl groups is 1. The maximum absolute atomic E-state index is 14.4. The highest BCUT2D eigenvalue weighted by molar-refractivity contribution is 5.99. The van der Waals surface area contributed by atoms with Crippen LogP contribution in [0.5, 0.6) is 11.5 Å². The number of likely N-dealkylation sites (N-methyl/N-ethyl adjacent to an activating group) is 1. The van der Waals surface area contributed by atoms with Gasteiger partial charge in [-0.25, -0.2) is 9.59 Å². The van der Waals surface area contributed by atoms with Gasteiger partial charge in [-0.3, -0.25) is 4.79 Å². The molecule has 1 aliphatic carbocycles. The maximum Gasteiger partial charge on any atom is 0.321 e. The van der Waals surface area contributed by atoms with Crippen LogP contribution in [-0.2, 0) is 4.74 Å². The number of carbonyl (C=O) groups excluding carboxylic acids is 3. The Kier molecular flexibility index (Phi) is 14.4. The van der Waals surface area contributed by atoms with Gasteiger partial charge >= 0.3 is 12.1 Å². The first-order valence-corrected chi connectivity index (χ1v) is 17.7. The molecule has 1 heterocycles. The normalized spacial score (nSPS) is 21.7. The van der Waals surface area contributed by atoms with Crippen LogP contribution in [0.1, 0.15) is 82.5 Å². The van der Waals surface area contributed by atoms with E-state index in [9.17, 15) is 19.5 Å². The van der Waals surface area contributed by atoms with E-state index < -0.39 is 6.04 Å². The van der Waals surface area contributed by atoms with E-state index in [-0.39, 0.29) is 55.3 Å². The van der Waals surface area contributed by atoms with Crippen molar-refractivity contribution in [1.82, 2.24) is 15.1 Å². The van der Waals surface area contributed by atoms with E-state index in [2.05, 4.69) is 16.0 Å². The maximum atomic E-state index is 14.4. The molecule has 5 amide bonds. The molecule has 270 valence electrons. The first-order chi connectivity index (χ1) is 23.6. The van der Waals surface area contributed by atoms with Crippen LogP contribution in [0, 0.1) is 5.92 Å². The molecule has 12 heteroatoms. The summed E-state index contributed by atoms with van der Waals surface area (Å²) in [6.07, 6.45) is 7.17. The average Bonchev–Trinajstić information content (AvgIpc) is 3.10.